The van der Waals surface area contributed by atoms with E-state index >= 15 is 0 Å². The second-order valence-corrected chi connectivity index (χ2v) is 6.56. The monoisotopic (exact) mass is 346 g/mol. The molecule has 2 aliphatic rings. The number of benzene rings is 1. The predicted octanol–water partition coefficient (Wildman–Crippen LogP) is 2.46. The fraction of sp³-hybridized carbons (Fsp3) is 0.474. The quantitative estimate of drug-likeness (QED) is 0.787. The first-order chi connectivity index (χ1) is 12.0. The molecule has 1 aromatic rings. The van der Waals surface area contributed by atoms with Crippen LogP contribution in [0.5, 0.6) is 0 Å². The molecule has 0 aromatic heterocycles. The van der Waals surface area contributed by atoms with E-state index in [2.05, 4.69) is 0 Å². The number of hydrogen-bond donors (Lipinski definition) is 0. The third-order valence-corrected chi connectivity index (χ3v) is 4.80. The van der Waals surface area contributed by atoms with Crippen LogP contribution in [-0.4, -0.2) is 49.6 Å². The number of para-hydroxylation sites is 1. The summed E-state index contributed by atoms with van der Waals surface area (Å²) in [7, 11) is 0. The molecule has 1 fully saturated rings. The number of halogens is 1. The molecule has 3 rings (SSSR count). The molecule has 2 aliphatic heterocycles. The minimum Gasteiger partial charge on any atom is -0.378 e. The van der Waals surface area contributed by atoms with Crippen molar-refractivity contribution in [2.24, 2.45) is 5.92 Å². The number of carbonyl (C=O) groups is 2. The van der Waals surface area contributed by atoms with Crippen molar-refractivity contribution in [3.63, 3.8) is 0 Å². The molecule has 1 unspecified atom stereocenters. The lowest BCUT2D eigenvalue weighted by atomic mass is 10.1. The smallest absolute Gasteiger partial charge is 0.259 e. The standard InChI is InChI=1S/C19H23FN2O3/c1-3-13(2)12-22-18-14(5-4-6-16(18)20)15(19(22)24)11-17(23)21-7-9-25-10-8-21/h4-6,11,13H,3,7-10,12H2,1-2H3/b15-11+. The minimum atomic E-state index is -0.434. The van der Waals surface area contributed by atoms with Crippen molar-refractivity contribution in [1.29, 1.82) is 0 Å². The number of rotatable bonds is 4. The van der Waals surface area contributed by atoms with Crippen molar-refractivity contribution < 1.29 is 18.7 Å². The third-order valence-electron chi connectivity index (χ3n) is 4.80. The van der Waals surface area contributed by atoms with Gasteiger partial charge >= 0.3 is 0 Å². The first-order valence-corrected chi connectivity index (χ1v) is 8.72. The van der Waals surface area contributed by atoms with Gasteiger partial charge in [0.2, 0.25) is 5.91 Å². The summed E-state index contributed by atoms with van der Waals surface area (Å²) < 4.78 is 19.6. The minimum absolute atomic E-state index is 0.229. The van der Waals surface area contributed by atoms with Crippen LogP contribution < -0.4 is 4.90 Å². The first kappa shape index (κ1) is 17.6. The molecule has 1 saturated heterocycles. The summed E-state index contributed by atoms with van der Waals surface area (Å²) in [5.41, 5.74) is 1.05. The van der Waals surface area contributed by atoms with Gasteiger partial charge in [0.05, 0.1) is 24.5 Å². The Labute approximate surface area is 147 Å². The molecule has 25 heavy (non-hydrogen) atoms. The Morgan fingerprint density at radius 1 is 1.36 bits per heavy atom. The Kier molecular flexibility index (Phi) is 5.18. The van der Waals surface area contributed by atoms with Crippen LogP contribution in [0.1, 0.15) is 25.8 Å². The number of anilines is 1. The Morgan fingerprint density at radius 3 is 2.76 bits per heavy atom. The molecule has 0 saturated carbocycles. The molecule has 0 radical (unpaired) electrons. The molecule has 0 N–H and O–H groups in total. The van der Waals surface area contributed by atoms with Gasteiger partial charge in [0, 0.05) is 31.3 Å². The van der Waals surface area contributed by atoms with Gasteiger partial charge in [-0.2, -0.15) is 0 Å². The number of ether oxygens (including phenoxy) is 1. The summed E-state index contributed by atoms with van der Waals surface area (Å²) in [6.07, 6.45) is 2.24. The molecule has 134 valence electrons. The van der Waals surface area contributed by atoms with Crippen LogP contribution in [0.15, 0.2) is 24.3 Å². The van der Waals surface area contributed by atoms with Gasteiger partial charge in [-0.1, -0.05) is 32.4 Å². The van der Waals surface area contributed by atoms with Crippen molar-refractivity contribution in [1.82, 2.24) is 4.90 Å². The molecule has 0 aliphatic carbocycles. The molecule has 2 amide bonds. The third kappa shape index (κ3) is 3.44. The van der Waals surface area contributed by atoms with Crippen LogP contribution >= 0.6 is 0 Å². The number of carbonyl (C=O) groups excluding carboxylic acids is 2. The highest BCUT2D eigenvalue weighted by Crippen LogP contribution is 2.39. The van der Waals surface area contributed by atoms with Gasteiger partial charge in [-0.25, -0.2) is 4.39 Å². The Bertz CT molecular complexity index is 711. The van der Waals surface area contributed by atoms with Gasteiger partial charge in [-0.3, -0.25) is 9.59 Å². The fourth-order valence-electron chi connectivity index (χ4n) is 3.12. The number of morpholine rings is 1. The van der Waals surface area contributed by atoms with Crippen LogP contribution in [0.25, 0.3) is 5.57 Å². The zero-order chi connectivity index (χ0) is 18.0. The van der Waals surface area contributed by atoms with Gasteiger partial charge in [0.1, 0.15) is 5.82 Å². The zero-order valence-corrected chi connectivity index (χ0v) is 14.6. The van der Waals surface area contributed by atoms with E-state index in [-0.39, 0.29) is 29.0 Å². The highest BCUT2D eigenvalue weighted by molar-refractivity contribution is 6.34. The molecule has 0 spiro atoms. The summed E-state index contributed by atoms with van der Waals surface area (Å²) in [6.45, 7) is 6.49. The van der Waals surface area contributed by atoms with E-state index in [0.717, 1.165) is 6.42 Å². The first-order valence-electron chi connectivity index (χ1n) is 8.72. The summed E-state index contributed by atoms with van der Waals surface area (Å²) in [5, 5.41) is 0. The maximum absolute atomic E-state index is 14.4. The number of hydrogen-bond acceptors (Lipinski definition) is 3. The number of fused-ring (bicyclic) bond motifs is 1. The van der Waals surface area contributed by atoms with E-state index in [1.807, 2.05) is 13.8 Å². The molecular weight excluding hydrogens is 323 g/mol. The molecule has 1 atom stereocenters. The maximum atomic E-state index is 14.4. The van der Waals surface area contributed by atoms with E-state index in [0.29, 0.717) is 38.4 Å². The molecule has 6 heteroatoms. The van der Waals surface area contributed by atoms with Crippen molar-refractivity contribution in [2.75, 3.05) is 37.7 Å². The van der Waals surface area contributed by atoms with Gasteiger partial charge in [0.25, 0.3) is 5.91 Å². The normalized spacial score (nSPS) is 20.1. The summed E-state index contributed by atoms with van der Waals surface area (Å²) in [6, 6.07) is 4.62. The second kappa shape index (κ2) is 7.35. The molecule has 5 nitrogen and oxygen atoms in total. The topological polar surface area (TPSA) is 49.9 Å². The van der Waals surface area contributed by atoms with Gasteiger partial charge < -0.3 is 14.5 Å². The highest BCUT2D eigenvalue weighted by atomic mass is 19.1. The molecular formula is C19H23FN2O3. The molecule has 1 aromatic carbocycles. The molecule has 0 bridgehead atoms. The van der Waals surface area contributed by atoms with Crippen LogP contribution in [0.4, 0.5) is 10.1 Å². The Morgan fingerprint density at radius 2 is 2.08 bits per heavy atom. The van der Waals surface area contributed by atoms with E-state index in [1.54, 1.807) is 17.0 Å². The Hall–Kier alpha value is -2.21. The summed E-state index contributed by atoms with van der Waals surface area (Å²) in [4.78, 5) is 28.5. The number of nitrogens with zero attached hydrogens (tertiary/aromatic N) is 2. The summed E-state index contributed by atoms with van der Waals surface area (Å²) in [5.74, 6) is -0.726. The Balaban J connectivity index is 1.95. The van der Waals surface area contributed by atoms with E-state index in [4.69, 9.17) is 4.74 Å². The van der Waals surface area contributed by atoms with Gasteiger partial charge in [0.15, 0.2) is 0 Å². The fourth-order valence-corrected chi connectivity index (χ4v) is 3.12. The predicted molar refractivity (Wildman–Crippen MR) is 93.6 cm³/mol. The van der Waals surface area contributed by atoms with E-state index in [1.165, 1.54) is 17.0 Å². The summed E-state index contributed by atoms with van der Waals surface area (Å²) >= 11 is 0. The average molecular weight is 346 g/mol. The van der Waals surface area contributed by atoms with Crippen molar-refractivity contribution >= 4 is 23.1 Å². The second-order valence-electron chi connectivity index (χ2n) is 6.56. The van der Waals surface area contributed by atoms with Crippen molar-refractivity contribution in [2.45, 2.75) is 20.3 Å². The lowest BCUT2D eigenvalue weighted by Crippen LogP contribution is -2.40. The molecule has 2 heterocycles. The van der Waals surface area contributed by atoms with Crippen LogP contribution in [0.2, 0.25) is 0 Å². The van der Waals surface area contributed by atoms with Crippen LogP contribution in [0, 0.1) is 11.7 Å². The highest BCUT2D eigenvalue weighted by Gasteiger charge is 2.36. The average Bonchev–Trinajstić information content (AvgIpc) is 2.89. The lowest BCUT2D eigenvalue weighted by Gasteiger charge is -2.25. The lowest BCUT2D eigenvalue weighted by molar-refractivity contribution is -0.130. The SMILES string of the molecule is CCC(C)CN1C(=O)/C(=C/C(=O)N2CCOCC2)c2cccc(F)c21. The van der Waals surface area contributed by atoms with Crippen LogP contribution in [0.3, 0.4) is 0 Å². The van der Waals surface area contributed by atoms with E-state index < -0.39 is 5.82 Å². The van der Waals surface area contributed by atoms with Crippen molar-refractivity contribution in [3.05, 3.63) is 35.7 Å². The van der Waals surface area contributed by atoms with E-state index in [9.17, 15) is 14.0 Å². The van der Waals surface area contributed by atoms with Crippen LogP contribution in [-0.2, 0) is 14.3 Å². The maximum Gasteiger partial charge on any atom is 0.259 e. The largest absolute Gasteiger partial charge is 0.378 e. The van der Waals surface area contributed by atoms with Gasteiger partial charge in [-0.05, 0) is 12.0 Å². The van der Waals surface area contributed by atoms with Crippen molar-refractivity contribution in [3.8, 4) is 0 Å². The zero-order valence-electron chi connectivity index (χ0n) is 14.6. The van der Waals surface area contributed by atoms with Gasteiger partial charge in [-0.15, -0.1) is 0 Å². The number of amides is 2.